The van der Waals surface area contributed by atoms with E-state index in [-0.39, 0.29) is 17.8 Å². The second kappa shape index (κ2) is 9.26. The number of aliphatic carboxylic acids is 1. The number of carboxylic acid groups (broad SMARTS) is 1. The van der Waals surface area contributed by atoms with Crippen LogP contribution in [0.1, 0.15) is 53.9 Å². The third kappa shape index (κ3) is 4.26. The summed E-state index contributed by atoms with van der Waals surface area (Å²) in [6.07, 6.45) is 9.12. The van der Waals surface area contributed by atoms with Gasteiger partial charge in [0, 0.05) is 17.9 Å². The first-order chi connectivity index (χ1) is 14.9. The molecule has 0 aromatic rings. The molecule has 1 saturated heterocycles. The SMILES string of the molecule is CCC(C)C1OC(C=CC=CC(=O)O)C(O)C2(O)C3CC=C(C)CC3C=C(C)C2C1(C)O. The Hall–Kier alpha value is -1.73. The second-order valence-electron chi connectivity index (χ2n) is 10.2. The molecule has 9 atom stereocenters. The molecule has 6 heteroatoms. The van der Waals surface area contributed by atoms with Crippen molar-refractivity contribution in [3.8, 4) is 0 Å². The lowest BCUT2D eigenvalue weighted by Crippen LogP contribution is -2.66. The van der Waals surface area contributed by atoms with E-state index in [1.54, 1.807) is 13.0 Å². The summed E-state index contributed by atoms with van der Waals surface area (Å²) in [6, 6.07) is 0. The van der Waals surface area contributed by atoms with Gasteiger partial charge in [0.05, 0.1) is 11.7 Å². The highest BCUT2D eigenvalue weighted by Gasteiger charge is 2.65. The quantitative estimate of drug-likeness (QED) is 0.293. The second-order valence-corrected chi connectivity index (χ2v) is 10.2. The third-order valence-corrected chi connectivity index (χ3v) is 7.84. The van der Waals surface area contributed by atoms with Crippen LogP contribution in [0, 0.1) is 23.7 Å². The van der Waals surface area contributed by atoms with Gasteiger partial charge < -0.3 is 25.2 Å². The van der Waals surface area contributed by atoms with Crippen LogP contribution in [-0.4, -0.2) is 55.9 Å². The van der Waals surface area contributed by atoms with Crippen molar-refractivity contribution in [2.75, 3.05) is 0 Å². The number of ether oxygens (including phenoxy) is 1. The van der Waals surface area contributed by atoms with E-state index in [1.165, 1.54) is 17.7 Å². The number of carboxylic acids is 1. The summed E-state index contributed by atoms with van der Waals surface area (Å²) in [5.74, 6) is -1.97. The summed E-state index contributed by atoms with van der Waals surface area (Å²) in [5, 5.41) is 44.7. The molecule has 3 aliphatic rings. The first-order valence-corrected chi connectivity index (χ1v) is 11.6. The highest BCUT2D eigenvalue weighted by atomic mass is 16.5. The number of allylic oxidation sites excluding steroid dienone is 5. The molecule has 0 radical (unpaired) electrons. The Bertz CT molecular complexity index is 837. The normalized spacial score (nSPS) is 43.2. The minimum absolute atomic E-state index is 0.0240. The van der Waals surface area contributed by atoms with Crippen molar-refractivity contribution in [2.45, 2.75) is 83.4 Å². The van der Waals surface area contributed by atoms with E-state index < -0.39 is 41.4 Å². The van der Waals surface area contributed by atoms with Crippen molar-refractivity contribution in [1.82, 2.24) is 0 Å². The van der Waals surface area contributed by atoms with Crippen molar-refractivity contribution in [3.05, 3.63) is 47.6 Å². The molecule has 0 spiro atoms. The minimum atomic E-state index is -1.60. The lowest BCUT2D eigenvalue weighted by atomic mass is 9.54. The molecule has 9 unspecified atom stereocenters. The molecule has 1 heterocycles. The fourth-order valence-electron chi connectivity index (χ4n) is 6.33. The van der Waals surface area contributed by atoms with E-state index in [0.29, 0.717) is 6.42 Å². The molecule has 2 aliphatic carbocycles. The van der Waals surface area contributed by atoms with Crippen LogP contribution in [0.15, 0.2) is 47.6 Å². The zero-order valence-corrected chi connectivity index (χ0v) is 19.7. The van der Waals surface area contributed by atoms with Crippen molar-refractivity contribution in [2.24, 2.45) is 23.7 Å². The maximum absolute atomic E-state index is 12.3. The van der Waals surface area contributed by atoms with E-state index >= 15 is 0 Å². The zero-order valence-electron chi connectivity index (χ0n) is 19.7. The first kappa shape index (κ1) is 24.9. The summed E-state index contributed by atoms with van der Waals surface area (Å²) < 4.78 is 6.33. The van der Waals surface area contributed by atoms with Crippen molar-refractivity contribution in [3.63, 3.8) is 0 Å². The molecule has 3 rings (SSSR count). The van der Waals surface area contributed by atoms with Crippen LogP contribution in [0.5, 0.6) is 0 Å². The molecule has 6 nitrogen and oxygen atoms in total. The molecule has 0 bridgehead atoms. The van der Waals surface area contributed by atoms with Gasteiger partial charge in [-0.25, -0.2) is 4.79 Å². The van der Waals surface area contributed by atoms with Crippen LogP contribution in [-0.2, 0) is 9.53 Å². The van der Waals surface area contributed by atoms with E-state index in [2.05, 4.69) is 19.1 Å². The maximum atomic E-state index is 12.3. The lowest BCUT2D eigenvalue weighted by Gasteiger charge is -2.55. The molecule has 4 N–H and O–H groups in total. The Morgan fingerprint density at radius 3 is 2.62 bits per heavy atom. The number of aliphatic hydroxyl groups excluding tert-OH is 1. The number of hydrogen-bond acceptors (Lipinski definition) is 5. The highest BCUT2D eigenvalue weighted by molar-refractivity contribution is 5.80. The minimum Gasteiger partial charge on any atom is -0.478 e. The molecular weight excluding hydrogens is 408 g/mol. The van der Waals surface area contributed by atoms with E-state index in [1.807, 2.05) is 20.8 Å². The van der Waals surface area contributed by atoms with Crippen molar-refractivity contribution >= 4 is 5.97 Å². The number of carbonyl (C=O) groups is 1. The summed E-state index contributed by atoms with van der Waals surface area (Å²) in [4.78, 5) is 10.8. The molecule has 1 aliphatic heterocycles. The fraction of sp³-hybridized carbons (Fsp3) is 0.654. The summed E-state index contributed by atoms with van der Waals surface area (Å²) in [6.45, 7) is 9.74. The Morgan fingerprint density at radius 2 is 2.00 bits per heavy atom. The van der Waals surface area contributed by atoms with Crippen molar-refractivity contribution in [1.29, 1.82) is 0 Å². The Balaban J connectivity index is 2.14. The van der Waals surface area contributed by atoms with Gasteiger partial charge in [-0.15, -0.1) is 0 Å². The molecule has 0 amide bonds. The number of fused-ring (bicyclic) bond motifs is 3. The molecular formula is C26H38O6. The molecule has 178 valence electrons. The predicted octanol–water partition coefficient (Wildman–Crippen LogP) is 3.39. The topological polar surface area (TPSA) is 107 Å². The summed E-state index contributed by atoms with van der Waals surface area (Å²) in [7, 11) is 0. The zero-order chi connectivity index (χ0) is 23.8. The Kier molecular flexibility index (Phi) is 7.20. The monoisotopic (exact) mass is 446 g/mol. The predicted molar refractivity (Wildman–Crippen MR) is 123 cm³/mol. The van der Waals surface area contributed by atoms with Gasteiger partial charge in [-0.2, -0.15) is 0 Å². The first-order valence-electron chi connectivity index (χ1n) is 11.6. The van der Waals surface area contributed by atoms with Gasteiger partial charge in [-0.05, 0) is 45.4 Å². The largest absolute Gasteiger partial charge is 0.478 e. The molecule has 0 aromatic carbocycles. The summed E-state index contributed by atoms with van der Waals surface area (Å²) in [5.41, 5.74) is -0.874. The van der Waals surface area contributed by atoms with E-state index in [9.17, 15) is 20.1 Å². The van der Waals surface area contributed by atoms with E-state index in [0.717, 1.165) is 24.5 Å². The third-order valence-electron chi connectivity index (χ3n) is 7.84. The molecule has 1 fully saturated rings. The van der Waals surface area contributed by atoms with Crippen LogP contribution < -0.4 is 0 Å². The number of aliphatic hydroxyl groups is 3. The Morgan fingerprint density at radius 1 is 1.31 bits per heavy atom. The number of rotatable bonds is 5. The average Bonchev–Trinajstić information content (AvgIpc) is 2.77. The van der Waals surface area contributed by atoms with Gasteiger partial charge in [0.25, 0.3) is 0 Å². The Labute approximate surface area is 191 Å². The van der Waals surface area contributed by atoms with Crippen LogP contribution in [0.4, 0.5) is 0 Å². The van der Waals surface area contributed by atoms with Crippen LogP contribution in [0.25, 0.3) is 0 Å². The molecule has 0 saturated carbocycles. The van der Waals surface area contributed by atoms with Crippen LogP contribution in [0.2, 0.25) is 0 Å². The molecule has 32 heavy (non-hydrogen) atoms. The average molecular weight is 447 g/mol. The van der Waals surface area contributed by atoms with Gasteiger partial charge >= 0.3 is 5.97 Å². The van der Waals surface area contributed by atoms with Crippen molar-refractivity contribution < 1.29 is 30.0 Å². The summed E-state index contributed by atoms with van der Waals surface area (Å²) >= 11 is 0. The molecule has 0 aromatic heterocycles. The maximum Gasteiger partial charge on any atom is 0.328 e. The lowest BCUT2D eigenvalue weighted by molar-refractivity contribution is -0.195. The number of hydrogen-bond donors (Lipinski definition) is 4. The van der Waals surface area contributed by atoms with Gasteiger partial charge in [0.2, 0.25) is 0 Å². The van der Waals surface area contributed by atoms with E-state index in [4.69, 9.17) is 9.84 Å². The van der Waals surface area contributed by atoms with Crippen LogP contribution >= 0.6 is 0 Å². The van der Waals surface area contributed by atoms with Gasteiger partial charge in [-0.1, -0.05) is 61.8 Å². The fourth-order valence-corrected chi connectivity index (χ4v) is 6.33. The van der Waals surface area contributed by atoms with Gasteiger partial charge in [0.15, 0.2) is 0 Å². The highest BCUT2D eigenvalue weighted by Crippen LogP contribution is 2.56. The van der Waals surface area contributed by atoms with Gasteiger partial charge in [0.1, 0.15) is 17.8 Å². The standard InChI is InChI=1S/C26H38O6/c1-6-16(3)24-25(5,30)22-17(4)14-18-13-15(2)11-12-19(18)26(22,31)23(29)20(32-24)9-7-8-10-21(27)28/h7-11,14,16,18-20,22-24,29-31H,6,12-13H2,1-5H3,(H,27,28). The van der Waals surface area contributed by atoms with Crippen LogP contribution in [0.3, 0.4) is 0 Å². The van der Waals surface area contributed by atoms with Gasteiger partial charge in [-0.3, -0.25) is 0 Å². The smallest absolute Gasteiger partial charge is 0.328 e.